The maximum atomic E-state index is 11.4. The minimum Gasteiger partial charge on any atom is -0.304 e. The van der Waals surface area contributed by atoms with E-state index in [1.807, 2.05) is 0 Å². The lowest BCUT2D eigenvalue weighted by Gasteiger charge is -2.32. The van der Waals surface area contributed by atoms with E-state index in [4.69, 9.17) is 4.84 Å². The summed E-state index contributed by atoms with van der Waals surface area (Å²) in [4.78, 5) is 21.0. The lowest BCUT2D eigenvalue weighted by atomic mass is 10.2. The minimum absolute atomic E-state index is 0.0524. The van der Waals surface area contributed by atoms with Crippen molar-refractivity contribution in [2.45, 2.75) is 12.8 Å². The van der Waals surface area contributed by atoms with Crippen LogP contribution in [0.15, 0.2) is 0 Å². The Hall–Kier alpha value is -0.650. The van der Waals surface area contributed by atoms with Gasteiger partial charge in [0.25, 0.3) is 0 Å². The molecule has 1 amide bonds. The third-order valence-electron chi connectivity index (χ3n) is 3.09. The Morgan fingerprint density at radius 1 is 1.31 bits per heavy atom. The zero-order chi connectivity index (χ0) is 12.0. The van der Waals surface area contributed by atoms with Crippen molar-refractivity contribution in [1.82, 2.24) is 14.9 Å². The molecular weight excluding hydrogens is 206 g/mol. The van der Waals surface area contributed by atoms with Crippen LogP contribution in [0.25, 0.3) is 0 Å². The second kappa shape index (κ2) is 6.83. The van der Waals surface area contributed by atoms with Gasteiger partial charge in [-0.25, -0.2) is 5.06 Å². The fourth-order valence-electron chi connectivity index (χ4n) is 1.78. The third-order valence-corrected chi connectivity index (χ3v) is 3.09. The van der Waals surface area contributed by atoms with Crippen LogP contribution in [0.2, 0.25) is 0 Å². The van der Waals surface area contributed by atoms with Gasteiger partial charge < -0.3 is 9.80 Å². The lowest BCUT2D eigenvalue weighted by Crippen LogP contribution is -2.44. The minimum atomic E-state index is 0.0524. The van der Waals surface area contributed by atoms with E-state index in [9.17, 15) is 4.79 Å². The van der Waals surface area contributed by atoms with E-state index in [2.05, 4.69) is 16.8 Å². The first-order chi connectivity index (χ1) is 7.63. The highest BCUT2D eigenvalue weighted by Crippen LogP contribution is 2.03. The van der Waals surface area contributed by atoms with E-state index in [0.717, 1.165) is 39.1 Å². The Morgan fingerprint density at radius 3 is 2.50 bits per heavy atom. The first-order valence-electron chi connectivity index (χ1n) is 5.85. The molecule has 5 nitrogen and oxygen atoms in total. The van der Waals surface area contributed by atoms with Gasteiger partial charge in [-0.15, -0.1) is 0 Å². The molecule has 0 N–H and O–H groups in total. The largest absolute Gasteiger partial charge is 0.304 e. The second-order valence-corrected chi connectivity index (χ2v) is 4.32. The van der Waals surface area contributed by atoms with Gasteiger partial charge in [-0.3, -0.25) is 9.63 Å². The summed E-state index contributed by atoms with van der Waals surface area (Å²) in [6.45, 7) is 5.50. The number of hydroxylamine groups is 2. The highest BCUT2D eigenvalue weighted by Gasteiger charge is 2.14. The average Bonchev–Trinajstić information content (AvgIpc) is 2.30. The first-order valence-corrected chi connectivity index (χ1v) is 5.85. The average molecular weight is 229 g/mol. The Labute approximate surface area is 97.9 Å². The number of nitrogens with zero attached hydrogens (tertiary/aromatic N) is 3. The summed E-state index contributed by atoms with van der Waals surface area (Å²) in [6.07, 6.45) is 1.48. The SMILES string of the molecule is CON(C)C(=O)CCCN1CCN(C)CC1. The van der Waals surface area contributed by atoms with Crippen molar-refractivity contribution in [3.05, 3.63) is 0 Å². The smallest absolute Gasteiger partial charge is 0.245 e. The normalized spacial score (nSPS) is 18.7. The number of carbonyl (C=O) groups is 1. The first kappa shape index (κ1) is 13.4. The van der Waals surface area contributed by atoms with E-state index >= 15 is 0 Å². The molecule has 0 aromatic carbocycles. The van der Waals surface area contributed by atoms with Crippen LogP contribution in [0.3, 0.4) is 0 Å². The second-order valence-electron chi connectivity index (χ2n) is 4.32. The van der Waals surface area contributed by atoms with Crippen molar-refractivity contribution < 1.29 is 9.63 Å². The standard InChI is InChI=1S/C11H23N3O2/c1-12-7-9-14(10-8-12)6-4-5-11(15)13(2)16-3/h4-10H2,1-3H3. The topological polar surface area (TPSA) is 36.0 Å². The van der Waals surface area contributed by atoms with Gasteiger partial charge in [0.15, 0.2) is 0 Å². The number of carbonyl (C=O) groups excluding carboxylic acids is 1. The van der Waals surface area contributed by atoms with Crippen molar-refractivity contribution in [2.24, 2.45) is 0 Å². The quantitative estimate of drug-likeness (QED) is 0.623. The van der Waals surface area contributed by atoms with Crippen LogP contribution in [0, 0.1) is 0 Å². The van der Waals surface area contributed by atoms with E-state index < -0.39 is 0 Å². The molecule has 16 heavy (non-hydrogen) atoms. The van der Waals surface area contributed by atoms with E-state index in [0.29, 0.717) is 6.42 Å². The summed E-state index contributed by atoms with van der Waals surface area (Å²) in [7, 11) is 5.31. The number of likely N-dealkylation sites (N-methyl/N-ethyl adjacent to an activating group) is 1. The predicted molar refractivity (Wildman–Crippen MR) is 63.0 cm³/mol. The molecule has 5 heteroatoms. The van der Waals surface area contributed by atoms with Crippen molar-refractivity contribution in [1.29, 1.82) is 0 Å². The molecule has 1 aliphatic heterocycles. The summed E-state index contributed by atoms with van der Waals surface area (Å²) in [5.74, 6) is 0.0524. The van der Waals surface area contributed by atoms with E-state index in [-0.39, 0.29) is 5.91 Å². The van der Waals surface area contributed by atoms with Crippen LogP contribution >= 0.6 is 0 Å². The Morgan fingerprint density at radius 2 is 1.94 bits per heavy atom. The molecule has 0 aliphatic carbocycles. The molecular formula is C11H23N3O2. The monoisotopic (exact) mass is 229 g/mol. The highest BCUT2D eigenvalue weighted by atomic mass is 16.7. The van der Waals surface area contributed by atoms with Crippen LogP contribution in [0.4, 0.5) is 0 Å². The van der Waals surface area contributed by atoms with Crippen molar-refractivity contribution in [3.8, 4) is 0 Å². The Balaban J connectivity index is 2.09. The molecule has 1 rings (SSSR count). The zero-order valence-corrected chi connectivity index (χ0v) is 10.6. The highest BCUT2D eigenvalue weighted by molar-refractivity contribution is 5.74. The van der Waals surface area contributed by atoms with Crippen LogP contribution in [-0.4, -0.2) is 74.7 Å². The molecule has 0 bridgehead atoms. The van der Waals surface area contributed by atoms with Crippen LogP contribution < -0.4 is 0 Å². The van der Waals surface area contributed by atoms with Crippen LogP contribution in [0.5, 0.6) is 0 Å². The van der Waals surface area contributed by atoms with Gasteiger partial charge in [0.2, 0.25) is 5.91 Å². The number of hydrogen-bond donors (Lipinski definition) is 0. The zero-order valence-electron chi connectivity index (χ0n) is 10.6. The van der Waals surface area contributed by atoms with Crippen LogP contribution in [0.1, 0.15) is 12.8 Å². The van der Waals surface area contributed by atoms with Gasteiger partial charge in [0.1, 0.15) is 0 Å². The Bertz CT molecular complexity index is 215. The number of amides is 1. The van der Waals surface area contributed by atoms with Gasteiger partial charge in [-0.1, -0.05) is 0 Å². The maximum absolute atomic E-state index is 11.4. The fourth-order valence-corrected chi connectivity index (χ4v) is 1.78. The summed E-state index contributed by atoms with van der Waals surface area (Å²) in [5.41, 5.74) is 0. The maximum Gasteiger partial charge on any atom is 0.245 e. The molecule has 1 heterocycles. The molecule has 1 saturated heterocycles. The third kappa shape index (κ3) is 4.47. The molecule has 0 radical (unpaired) electrons. The fraction of sp³-hybridized carbons (Fsp3) is 0.909. The molecule has 0 unspecified atom stereocenters. The van der Waals surface area contributed by atoms with E-state index in [1.54, 1.807) is 7.05 Å². The molecule has 0 aromatic heterocycles. The van der Waals surface area contributed by atoms with Crippen molar-refractivity contribution in [3.63, 3.8) is 0 Å². The summed E-state index contributed by atoms with van der Waals surface area (Å²) < 4.78 is 0. The molecule has 0 saturated carbocycles. The van der Waals surface area contributed by atoms with Crippen molar-refractivity contribution >= 4 is 5.91 Å². The number of hydrogen-bond acceptors (Lipinski definition) is 4. The predicted octanol–water partition coefficient (Wildman–Crippen LogP) is 0.0338. The molecule has 1 fully saturated rings. The summed E-state index contributed by atoms with van der Waals surface area (Å²) in [5, 5.41) is 1.30. The van der Waals surface area contributed by atoms with Crippen LogP contribution in [-0.2, 0) is 9.63 Å². The van der Waals surface area contributed by atoms with Crippen molar-refractivity contribution in [2.75, 3.05) is 53.9 Å². The summed E-state index contributed by atoms with van der Waals surface area (Å²) in [6, 6.07) is 0. The number of piperazine rings is 1. The summed E-state index contributed by atoms with van der Waals surface area (Å²) >= 11 is 0. The molecule has 1 aliphatic rings. The lowest BCUT2D eigenvalue weighted by molar-refractivity contribution is -0.168. The molecule has 0 aromatic rings. The van der Waals surface area contributed by atoms with Gasteiger partial charge in [-0.05, 0) is 20.0 Å². The molecule has 94 valence electrons. The van der Waals surface area contributed by atoms with Gasteiger partial charge in [0, 0.05) is 39.6 Å². The number of rotatable bonds is 5. The molecule has 0 spiro atoms. The van der Waals surface area contributed by atoms with Gasteiger partial charge in [-0.2, -0.15) is 0 Å². The molecule has 0 atom stereocenters. The Kier molecular flexibility index (Phi) is 5.73. The van der Waals surface area contributed by atoms with E-state index in [1.165, 1.54) is 12.2 Å². The van der Waals surface area contributed by atoms with Gasteiger partial charge in [0.05, 0.1) is 7.11 Å². The van der Waals surface area contributed by atoms with Gasteiger partial charge >= 0.3 is 0 Å².